The molecule has 0 saturated heterocycles. The molecular formula is C12H4Cl3F4N. The average Bonchev–Trinajstić information content (AvgIpc) is 2.28. The van der Waals surface area contributed by atoms with E-state index in [1.54, 1.807) is 0 Å². The summed E-state index contributed by atoms with van der Waals surface area (Å²) in [4.78, 5) is 2.88. The van der Waals surface area contributed by atoms with E-state index >= 15 is 0 Å². The minimum atomic E-state index is -4.73. The summed E-state index contributed by atoms with van der Waals surface area (Å²) in [6, 6.07) is 4.19. The molecule has 0 amide bonds. The van der Waals surface area contributed by atoms with Crippen LogP contribution in [0.5, 0.6) is 0 Å². The number of aromatic nitrogens is 1. The molecule has 0 fully saturated rings. The molecule has 0 atom stereocenters. The summed E-state index contributed by atoms with van der Waals surface area (Å²) in [5, 5.41) is 0.259. The molecule has 1 aromatic heterocycles. The van der Waals surface area contributed by atoms with Crippen LogP contribution in [0.15, 0.2) is 24.3 Å². The smallest absolute Gasteiger partial charge is 0.215 e. The summed E-state index contributed by atoms with van der Waals surface area (Å²) in [6.45, 7) is 0. The average molecular weight is 345 g/mol. The monoisotopic (exact) mass is 343 g/mol. The second kappa shape index (κ2) is 5.39. The van der Waals surface area contributed by atoms with E-state index in [2.05, 4.69) is 4.98 Å². The van der Waals surface area contributed by atoms with E-state index in [4.69, 9.17) is 34.8 Å². The molecule has 2 aromatic rings. The lowest BCUT2D eigenvalue weighted by Gasteiger charge is -2.11. The molecule has 0 aliphatic rings. The van der Waals surface area contributed by atoms with Crippen LogP contribution in [0.1, 0.15) is 5.69 Å². The zero-order valence-corrected chi connectivity index (χ0v) is 11.7. The van der Waals surface area contributed by atoms with Gasteiger partial charge in [0.25, 0.3) is 0 Å². The number of hydrogen-bond donors (Lipinski definition) is 0. The van der Waals surface area contributed by atoms with Gasteiger partial charge in [-0.15, -0.1) is 0 Å². The Labute approximate surface area is 126 Å². The van der Waals surface area contributed by atoms with Gasteiger partial charge in [0.05, 0.1) is 10.0 Å². The van der Waals surface area contributed by atoms with Crippen molar-refractivity contribution in [3.63, 3.8) is 0 Å². The Morgan fingerprint density at radius 2 is 1.50 bits per heavy atom. The molecule has 2 rings (SSSR count). The molecule has 0 unspecified atom stereocenters. The van der Waals surface area contributed by atoms with Crippen LogP contribution in [0.2, 0.25) is 15.1 Å². The van der Waals surface area contributed by atoms with Crippen LogP contribution in [0.4, 0.5) is 17.6 Å². The summed E-state index contributed by atoms with van der Waals surface area (Å²) < 4.78 is 51.0. The second-order valence-corrected chi connectivity index (χ2v) is 5.03. The highest BCUT2D eigenvalue weighted by atomic mass is 35.5. The standard InChI is InChI=1S/C12H4Cl3F4N/c13-5-3-7(14)10(8(15)4-5)6-1-2-9(12(17,18)19)20-11(6)16/h1-4H. The summed E-state index contributed by atoms with van der Waals surface area (Å²) in [6.07, 6.45) is -4.73. The molecule has 0 bridgehead atoms. The third-order valence-electron chi connectivity index (χ3n) is 2.42. The third kappa shape index (κ3) is 3.00. The van der Waals surface area contributed by atoms with Crippen molar-refractivity contribution in [3.8, 4) is 11.1 Å². The number of halogens is 7. The number of benzene rings is 1. The molecule has 0 saturated carbocycles. The van der Waals surface area contributed by atoms with Crippen molar-refractivity contribution in [1.82, 2.24) is 4.98 Å². The second-order valence-electron chi connectivity index (χ2n) is 3.78. The zero-order valence-electron chi connectivity index (χ0n) is 9.40. The van der Waals surface area contributed by atoms with E-state index in [9.17, 15) is 17.6 Å². The van der Waals surface area contributed by atoms with Gasteiger partial charge in [0.1, 0.15) is 5.69 Å². The van der Waals surface area contributed by atoms with Crippen molar-refractivity contribution in [2.24, 2.45) is 0 Å². The third-order valence-corrected chi connectivity index (χ3v) is 3.23. The van der Waals surface area contributed by atoms with E-state index in [-0.39, 0.29) is 26.2 Å². The highest BCUT2D eigenvalue weighted by Gasteiger charge is 2.33. The quantitative estimate of drug-likeness (QED) is 0.466. The number of pyridine rings is 1. The fraction of sp³-hybridized carbons (Fsp3) is 0.0833. The maximum absolute atomic E-state index is 13.8. The number of alkyl halides is 3. The fourth-order valence-corrected chi connectivity index (χ4v) is 2.60. The van der Waals surface area contributed by atoms with Crippen molar-refractivity contribution in [3.05, 3.63) is 51.0 Å². The summed E-state index contributed by atoms with van der Waals surface area (Å²) in [5.74, 6) is -1.31. The molecule has 0 aliphatic heterocycles. The maximum atomic E-state index is 13.8. The summed E-state index contributed by atoms with van der Waals surface area (Å²) in [5.41, 5.74) is -1.53. The Morgan fingerprint density at radius 1 is 0.950 bits per heavy atom. The minimum Gasteiger partial charge on any atom is -0.215 e. The van der Waals surface area contributed by atoms with Crippen molar-refractivity contribution in [2.45, 2.75) is 6.18 Å². The van der Waals surface area contributed by atoms with Gasteiger partial charge in [-0.05, 0) is 24.3 Å². The van der Waals surface area contributed by atoms with Gasteiger partial charge in [-0.25, -0.2) is 4.98 Å². The van der Waals surface area contributed by atoms with Gasteiger partial charge in [-0.1, -0.05) is 34.8 Å². The molecule has 20 heavy (non-hydrogen) atoms. The topological polar surface area (TPSA) is 12.9 Å². The Morgan fingerprint density at radius 3 is 1.95 bits per heavy atom. The van der Waals surface area contributed by atoms with Gasteiger partial charge in [0, 0.05) is 16.1 Å². The van der Waals surface area contributed by atoms with Crippen molar-refractivity contribution < 1.29 is 17.6 Å². The van der Waals surface area contributed by atoms with Crippen molar-refractivity contribution in [1.29, 1.82) is 0 Å². The van der Waals surface area contributed by atoms with Gasteiger partial charge in [-0.3, -0.25) is 0 Å². The Hall–Kier alpha value is -1.04. The van der Waals surface area contributed by atoms with Crippen LogP contribution in [-0.2, 0) is 6.18 Å². The number of rotatable bonds is 1. The van der Waals surface area contributed by atoms with E-state index in [1.807, 2.05) is 0 Å². The van der Waals surface area contributed by atoms with Crippen molar-refractivity contribution >= 4 is 34.8 Å². The first-order chi connectivity index (χ1) is 9.20. The predicted octanol–water partition coefficient (Wildman–Crippen LogP) is 5.87. The molecule has 0 N–H and O–H groups in total. The molecule has 106 valence electrons. The highest BCUT2D eigenvalue weighted by molar-refractivity contribution is 6.41. The molecule has 0 radical (unpaired) electrons. The first-order valence-electron chi connectivity index (χ1n) is 5.09. The molecule has 1 nitrogen and oxygen atoms in total. The predicted molar refractivity (Wildman–Crippen MR) is 69.7 cm³/mol. The van der Waals surface area contributed by atoms with Crippen LogP contribution < -0.4 is 0 Å². The lowest BCUT2D eigenvalue weighted by atomic mass is 10.1. The lowest BCUT2D eigenvalue weighted by Crippen LogP contribution is -2.09. The van der Waals surface area contributed by atoms with Crippen molar-refractivity contribution in [2.75, 3.05) is 0 Å². The van der Waals surface area contributed by atoms with Crippen LogP contribution in [0.25, 0.3) is 11.1 Å². The SMILES string of the molecule is Fc1nc(C(F)(F)F)ccc1-c1c(Cl)cc(Cl)cc1Cl. The van der Waals surface area contributed by atoms with Gasteiger partial charge < -0.3 is 0 Å². The Balaban J connectivity index is 2.61. The molecule has 1 heterocycles. The Bertz CT molecular complexity index is 647. The first-order valence-corrected chi connectivity index (χ1v) is 6.22. The van der Waals surface area contributed by atoms with E-state index in [0.717, 1.165) is 6.07 Å². The normalized spacial score (nSPS) is 11.8. The van der Waals surface area contributed by atoms with Crippen LogP contribution in [0.3, 0.4) is 0 Å². The van der Waals surface area contributed by atoms with Crippen LogP contribution >= 0.6 is 34.8 Å². The minimum absolute atomic E-state index is 0.0166. The molecule has 0 aliphatic carbocycles. The number of hydrogen-bond acceptors (Lipinski definition) is 1. The van der Waals surface area contributed by atoms with Crippen LogP contribution in [-0.4, -0.2) is 4.98 Å². The van der Waals surface area contributed by atoms with E-state index in [1.165, 1.54) is 12.1 Å². The number of nitrogens with zero attached hydrogens (tertiary/aromatic N) is 1. The molecule has 0 spiro atoms. The first kappa shape index (κ1) is 15.4. The van der Waals surface area contributed by atoms with Gasteiger partial charge in [-0.2, -0.15) is 17.6 Å². The Kier molecular flexibility index (Phi) is 4.14. The van der Waals surface area contributed by atoms with Gasteiger partial charge >= 0.3 is 6.18 Å². The van der Waals surface area contributed by atoms with Crippen LogP contribution in [0, 0.1) is 5.95 Å². The van der Waals surface area contributed by atoms with Gasteiger partial charge in [0.15, 0.2) is 0 Å². The van der Waals surface area contributed by atoms with E-state index < -0.39 is 17.8 Å². The molecule has 8 heteroatoms. The highest BCUT2D eigenvalue weighted by Crippen LogP contribution is 2.39. The summed E-state index contributed by atoms with van der Waals surface area (Å²) in [7, 11) is 0. The molecular weight excluding hydrogens is 340 g/mol. The fourth-order valence-electron chi connectivity index (χ4n) is 1.58. The van der Waals surface area contributed by atoms with E-state index in [0.29, 0.717) is 6.07 Å². The maximum Gasteiger partial charge on any atom is 0.433 e. The molecule has 1 aromatic carbocycles. The lowest BCUT2D eigenvalue weighted by molar-refractivity contribution is -0.141. The van der Waals surface area contributed by atoms with Gasteiger partial charge in [0.2, 0.25) is 5.95 Å². The summed E-state index contributed by atoms with van der Waals surface area (Å²) >= 11 is 17.5. The zero-order chi connectivity index (χ0) is 15.1. The largest absolute Gasteiger partial charge is 0.433 e.